The van der Waals surface area contributed by atoms with Gasteiger partial charge in [-0.15, -0.1) is 0 Å². The van der Waals surface area contributed by atoms with Crippen LogP contribution in [0.2, 0.25) is 0 Å². The lowest BCUT2D eigenvalue weighted by Crippen LogP contribution is -1.89. The second kappa shape index (κ2) is 6.92. The molecule has 0 unspecified atom stereocenters. The minimum atomic E-state index is 0.959. The van der Waals surface area contributed by atoms with Crippen LogP contribution in [0.4, 0.5) is 0 Å². The summed E-state index contributed by atoms with van der Waals surface area (Å²) in [6, 6.07) is 6.09. The molecular weight excluding hydrogens is 703 g/mol. The van der Waals surface area contributed by atoms with Crippen molar-refractivity contribution in [3.8, 4) is 11.1 Å². The van der Waals surface area contributed by atoms with Gasteiger partial charge in [0.15, 0.2) is 0 Å². The highest BCUT2D eigenvalue weighted by atomic mass is 79.9. The molecule has 0 spiro atoms. The third-order valence-corrected chi connectivity index (χ3v) is 9.69. The number of hydrogen-bond acceptors (Lipinski definition) is 0. The Bertz CT molecular complexity index is 635. The summed E-state index contributed by atoms with van der Waals surface area (Å²) in [6.45, 7) is 0. The molecule has 0 nitrogen and oxygen atoms in total. The van der Waals surface area contributed by atoms with Gasteiger partial charge in [0.25, 0.3) is 0 Å². The Balaban J connectivity index is 2.87. The molecule has 0 aliphatic rings. The van der Waals surface area contributed by atoms with E-state index >= 15 is 0 Å². The topological polar surface area (TPSA) is 0 Å². The van der Waals surface area contributed by atoms with Crippen molar-refractivity contribution in [2.24, 2.45) is 0 Å². The summed E-state index contributed by atoms with van der Waals surface area (Å²) >= 11 is 25.1. The van der Waals surface area contributed by atoms with Gasteiger partial charge in [0, 0.05) is 36.9 Å². The van der Waals surface area contributed by atoms with Crippen molar-refractivity contribution in [1.29, 1.82) is 0 Å². The maximum absolute atomic E-state index is 3.65. The molecule has 2 aromatic carbocycles. The monoisotopic (exact) mass is 699 g/mol. The Morgan fingerprint density at radius 2 is 1.05 bits per heavy atom. The summed E-state index contributed by atoms with van der Waals surface area (Å²) < 4.78 is 6.90. The standard InChI is InChI=1S/C12H3Br7/c13-4-1-2-6(14)5(3-4)7-8(15)10(17)12(19)11(18)9(7)16/h1-3H. The van der Waals surface area contributed by atoms with E-state index in [4.69, 9.17) is 0 Å². The lowest BCUT2D eigenvalue weighted by molar-refractivity contribution is 1.43. The number of benzene rings is 2. The SMILES string of the molecule is Brc1ccc(Br)c(-c2c(Br)c(Br)c(Br)c(Br)c2Br)c1. The average Bonchev–Trinajstić information content (AvgIpc) is 2.38. The van der Waals surface area contributed by atoms with Gasteiger partial charge in [0.05, 0.1) is 0 Å². The molecule has 7 heteroatoms. The van der Waals surface area contributed by atoms with E-state index in [1.165, 1.54) is 0 Å². The highest BCUT2D eigenvalue weighted by molar-refractivity contribution is 9.16. The van der Waals surface area contributed by atoms with Crippen molar-refractivity contribution in [3.63, 3.8) is 0 Å². The van der Waals surface area contributed by atoms with E-state index in [1.54, 1.807) is 0 Å². The van der Waals surface area contributed by atoms with Crippen molar-refractivity contribution in [2.45, 2.75) is 0 Å². The van der Waals surface area contributed by atoms with Gasteiger partial charge in [-0.3, -0.25) is 0 Å². The van der Waals surface area contributed by atoms with Crippen molar-refractivity contribution >= 4 is 112 Å². The van der Waals surface area contributed by atoms with Crippen molar-refractivity contribution in [1.82, 2.24) is 0 Å². The number of halogens is 7. The Labute approximate surface area is 170 Å². The van der Waals surface area contributed by atoms with Crippen molar-refractivity contribution in [2.75, 3.05) is 0 Å². The molecule has 0 radical (unpaired) electrons. The van der Waals surface area contributed by atoms with Gasteiger partial charge in [-0.2, -0.15) is 0 Å². The molecule has 2 rings (SSSR count). The summed E-state index contributed by atoms with van der Waals surface area (Å²) in [7, 11) is 0. The summed E-state index contributed by atoms with van der Waals surface area (Å²) in [5, 5.41) is 0. The Kier molecular flexibility index (Phi) is 6.25. The molecule has 19 heavy (non-hydrogen) atoms. The summed E-state index contributed by atoms with van der Waals surface area (Å²) in [5.74, 6) is 0. The number of rotatable bonds is 1. The zero-order valence-electron chi connectivity index (χ0n) is 8.88. The van der Waals surface area contributed by atoms with E-state index in [1.807, 2.05) is 12.1 Å². The second-order valence-corrected chi connectivity index (χ2v) is 9.30. The first-order valence-electron chi connectivity index (χ1n) is 4.81. The highest BCUT2D eigenvalue weighted by Gasteiger charge is 2.20. The van der Waals surface area contributed by atoms with Crippen LogP contribution in [0.3, 0.4) is 0 Å². The van der Waals surface area contributed by atoms with Crippen LogP contribution in [0.1, 0.15) is 0 Å². The average molecular weight is 706 g/mol. The van der Waals surface area contributed by atoms with Crippen LogP contribution in [0.5, 0.6) is 0 Å². The van der Waals surface area contributed by atoms with Crippen LogP contribution < -0.4 is 0 Å². The van der Waals surface area contributed by atoms with Crippen LogP contribution in [0.15, 0.2) is 49.5 Å². The van der Waals surface area contributed by atoms with Crippen LogP contribution in [0, 0.1) is 0 Å². The Morgan fingerprint density at radius 1 is 0.579 bits per heavy atom. The summed E-state index contributed by atoms with van der Waals surface area (Å²) in [6.07, 6.45) is 0. The maximum atomic E-state index is 3.65. The number of hydrogen-bond donors (Lipinski definition) is 0. The minimum absolute atomic E-state index is 0.959. The lowest BCUT2D eigenvalue weighted by Gasteiger charge is -2.15. The first-order chi connectivity index (χ1) is 8.84. The van der Waals surface area contributed by atoms with Crippen LogP contribution in [-0.2, 0) is 0 Å². The van der Waals surface area contributed by atoms with Gasteiger partial charge >= 0.3 is 0 Å². The van der Waals surface area contributed by atoms with E-state index in [-0.39, 0.29) is 0 Å². The largest absolute Gasteiger partial charge is 0.0508 e. The molecule has 0 saturated carbocycles. The molecule has 0 amide bonds. The molecule has 2 aromatic rings. The molecular formula is C12H3Br7. The van der Waals surface area contributed by atoms with E-state index in [9.17, 15) is 0 Å². The van der Waals surface area contributed by atoms with E-state index in [0.717, 1.165) is 42.4 Å². The lowest BCUT2D eigenvalue weighted by atomic mass is 10.1. The highest BCUT2D eigenvalue weighted by Crippen LogP contribution is 2.50. The Hall–Kier alpha value is 1.80. The van der Waals surface area contributed by atoms with E-state index in [2.05, 4.69) is 118 Å². The third-order valence-electron chi connectivity index (χ3n) is 2.41. The van der Waals surface area contributed by atoms with E-state index in [0.29, 0.717) is 0 Å². The molecule has 0 aliphatic carbocycles. The first-order valence-corrected chi connectivity index (χ1v) is 10.4. The fraction of sp³-hybridized carbons (Fsp3) is 0. The Morgan fingerprint density at radius 3 is 1.58 bits per heavy atom. The normalized spacial score (nSPS) is 10.9. The second-order valence-electron chi connectivity index (χ2n) is 3.57. The van der Waals surface area contributed by atoms with Gasteiger partial charge in [-0.1, -0.05) is 31.9 Å². The van der Waals surface area contributed by atoms with Gasteiger partial charge in [0.2, 0.25) is 0 Å². The quantitative estimate of drug-likeness (QED) is 0.206. The smallest absolute Gasteiger partial charge is 0.0482 e. The van der Waals surface area contributed by atoms with Gasteiger partial charge in [-0.25, -0.2) is 0 Å². The zero-order valence-corrected chi connectivity index (χ0v) is 20.0. The predicted octanol–water partition coefficient (Wildman–Crippen LogP) is 8.69. The fourth-order valence-electron chi connectivity index (χ4n) is 1.53. The van der Waals surface area contributed by atoms with Gasteiger partial charge in [0.1, 0.15) is 0 Å². The molecule has 0 fully saturated rings. The van der Waals surface area contributed by atoms with Crippen LogP contribution in [-0.4, -0.2) is 0 Å². The van der Waals surface area contributed by atoms with Crippen molar-refractivity contribution in [3.05, 3.63) is 49.5 Å². The molecule has 0 N–H and O–H groups in total. The predicted molar refractivity (Wildman–Crippen MR) is 106 cm³/mol. The molecule has 0 aliphatic heterocycles. The fourth-order valence-corrected chi connectivity index (χ4v) is 5.81. The third kappa shape index (κ3) is 3.42. The van der Waals surface area contributed by atoms with Crippen molar-refractivity contribution < 1.29 is 0 Å². The maximum Gasteiger partial charge on any atom is 0.0482 e. The molecule has 0 atom stereocenters. The summed E-state index contributed by atoms with van der Waals surface area (Å²) in [4.78, 5) is 0. The molecule has 0 heterocycles. The molecule has 0 bridgehead atoms. The minimum Gasteiger partial charge on any atom is -0.0508 e. The van der Waals surface area contributed by atoms with Crippen LogP contribution >= 0.6 is 112 Å². The molecule has 0 aromatic heterocycles. The first kappa shape index (κ1) is 17.2. The zero-order chi connectivity index (χ0) is 14.3. The van der Waals surface area contributed by atoms with E-state index < -0.39 is 0 Å². The molecule has 100 valence electrons. The van der Waals surface area contributed by atoms with Gasteiger partial charge < -0.3 is 0 Å². The molecule has 0 saturated heterocycles. The van der Waals surface area contributed by atoms with Gasteiger partial charge in [-0.05, 0) is 103 Å². The van der Waals surface area contributed by atoms with Crippen LogP contribution in [0.25, 0.3) is 11.1 Å². The summed E-state index contributed by atoms with van der Waals surface area (Å²) in [5.41, 5.74) is 2.15.